The number of phenolic OH excluding ortho intramolecular Hbond substituents is 1. The third-order valence-corrected chi connectivity index (χ3v) is 6.76. The van der Waals surface area contributed by atoms with Gasteiger partial charge in [0.1, 0.15) is 23.9 Å². The van der Waals surface area contributed by atoms with E-state index in [1.807, 2.05) is 20.1 Å². The van der Waals surface area contributed by atoms with Crippen molar-refractivity contribution in [2.24, 2.45) is 11.7 Å². The first kappa shape index (κ1) is 29.4. The lowest BCUT2D eigenvalue weighted by atomic mass is 10.0. The molecule has 1 aliphatic rings. The van der Waals surface area contributed by atoms with Crippen LogP contribution in [0.5, 0.6) is 5.75 Å². The van der Waals surface area contributed by atoms with Crippen LogP contribution in [0.1, 0.15) is 45.1 Å². The molecule has 1 aromatic carbocycles. The Morgan fingerprint density at radius 3 is 2.39 bits per heavy atom. The number of aliphatic carboxylic acids is 1. The number of carboxylic acids is 1. The summed E-state index contributed by atoms with van der Waals surface area (Å²) in [4.78, 5) is 52.3. The van der Waals surface area contributed by atoms with Crippen molar-refractivity contribution in [3.8, 4) is 5.75 Å². The van der Waals surface area contributed by atoms with Crippen LogP contribution in [0, 0.1) is 5.92 Å². The maximum absolute atomic E-state index is 13.5. The molecule has 1 aliphatic heterocycles. The molecule has 1 fully saturated rings. The van der Waals surface area contributed by atoms with Gasteiger partial charge in [-0.3, -0.25) is 14.4 Å². The standard InChI is InChI=1S/C25H38N4O6S/c1-15(2)13-20(28-22(31)18(26)14-16-6-8-17(30)9-7-16)24(33)29-11-4-5-21(29)23(32)27-19(25(34)35)10-12-36-3/h6-9,15,18-21,30H,4-5,10-14,26H2,1-3H3,(H,27,32)(H,28,31)(H,34,35). The van der Waals surface area contributed by atoms with Gasteiger partial charge in [0.15, 0.2) is 0 Å². The van der Waals surface area contributed by atoms with Crippen LogP contribution < -0.4 is 16.4 Å². The van der Waals surface area contributed by atoms with Crippen molar-refractivity contribution in [3.63, 3.8) is 0 Å². The number of nitrogens with one attached hydrogen (secondary N) is 2. The van der Waals surface area contributed by atoms with Gasteiger partial charge in [-0.2, -0.15) is 11.8 Å². The van der Waals surface area contributed by atoms with Crippen LogP contribution >= 0.6 is 11.8 Å². The Morgan fingerprint density at radius 1 is 1.14 bits per heavy atom. The topological polar surface area (TPSA) is 162 Å². The summed E-state index contributed by atoms with van der Waals surface area (Å²) < 4.78 is 0. The van der Waals surface area contributed by atoms with E-state index in [0.29, 0.717) is 31.6 Å². The van der Waals surface area contributed by atoms with E-state index in [9.17, 15) is 29.4 Å². The number of carbonyl (C=O) groups is 4. The van der Waals surface area contributed by atoms with Gasteiger partial charge in [-0.1, -0.05) is 26.0 Å². The third kappa shape index (κ3) is 8.70. The summed E-state index contributed by atoms with van der Waals surface area (Å²) in [5.41, 5.74) is 6.87. The van der Waals surface area contributed by atoms with E-state index in [0.717, 1.165) is 5.56 Å². The van der Waals surface area contributed by atoms with Gasteiger partial charge in [0, 0.05) is 6.54 Å². The summed E-state index contributed by atoms with van der Waals surface area (Å²) in [5.74, 6) is -1.67. The summed E-state index contributed by atoms with van der Waals surface area (Å²) in [6.07, 6.45) is 3.78. The molecule has 0 aliphatic carbocycles. The molecule has 3 amide bonds. The molecule has 11 heteroatoms. The lowest BCUT2D eigenvalue weighted by Gasteiger charge is -2.30. The summed E-state index contributed by atoms with van der Waals surface area (Å²) in [5, 5.41) is 24.2. The zero-order valence-electron chi connectivity index (χ0n) is 21.1. The Hall–Kier alpha value is -2.79. The molecule has 0 aromatic heterocycles. The van der Waals surface area contributed by atoms with Gasteiger partial charge in [-0.05, 0) is 67.7 Å². The van der Waals surface area contributed by atoms with Crippen molar-refractivity contribution < 1.29 is 29.4 Å². The fourth-order valence-electron chi connectivity index (χ4n) is 4.21. The largest absolute Gasteiger partial charge is 0.508 e. The van der Waals surface area contributed by atoms with Crippen LogP contribution in [-0.4, -0.2) is 81.5 Å². The van der Waals surface area contributed by atoms with Gasteiger partial charge < -0.3 is 31.5 Å². The van der Waals surface area contributed by atoms with Crippen LogP contribution in [0.4, 0.5) is 0 Å². The molecule has 4 atom stereocenters. The summed E-state index contributed by atoms with van der Waals surface area (Å²) in [6.45, 7) is 4.21. The molecule has 0 saturated carbocycles. The number of phenols is 1. The van der Waals surface area contributed by atoms with E-state index in [-0.39, 0.29) is 30.4 Å². The van der Waals surface area contributed by atoms with E-state index in [4.69, 9.17) is 5.73 Å². The Labute approximate surface area is 216 Å². The molecule has 4 unspecified atom stereocenters. The number of hydrogen-bond acceptors (Lipinski definition) is 7. The van der Waals surface area contributed by atoms with E-state index >= 15 is 0 Å². The molecule has 2 rings (SSSR count). The number of carbonyl (C=O) groups excluding carboxylic acids is 3. The Bertz CT molecular complexity index is 910. The molecule has 0 radical (unpaired) electrons. The fraction of sp³-hybridized carbons (Fsp3) is 0.600. The molecule has 1 saturated heterocycles. The monoisotopic (exact) mass is 522 g/mol. The van der Waals surface area contributed by atoms with E-state index in [1.165, 1.54) is 28.8 Å². The number of benzene rings is 1. The normalized spacial score (nSPS) is 17.9. The van der Waals surface area contributed by atoms with Gasteiger partial charge in [0.05, 0.1) is 6.04 Å². The predicted octanol–water partition coefficient (Wildman–Crippen LogP) is 1.11. The molecule has 36 heavy (non-hydrogen) atoms. The van der Waals surface area contributed by atoms with Crippen LogP contribution in [-0.2, 0) is 25.6 Å². The Kier molecular flexibility index (Phi) is 11.5. The van der Waals surface area contributed by atoms with Gasteiger partial charge >= 0.3 is 5.97 Å². The number of aromatic hydroxyl groups is 1. The maximum atomic E-state index is 13.5. The average molecular weight is 523 g/mol. The van der Waals surface area contributed by atoms with Gasteiger partial charge in [-0.15, -0.1) is 0 Å². The quantitative estimate of drug-likeness (QED) is 0.257. The smallest absolute Gasteiger partial charge is 0.326 e. The number of carboxylic acid groups (broad SMARTS) is 1. The third-order valence-electron chi connectivity index (χ3n) is 6.11. The molecule has 10 nitrogen and oxygen atoms in total. The maximum Gasteiger partial charge on any atom is 0.326 e. The molecule has 0 bridgehead atoms. The van der Waals surface area contributed by atoms with Crippen LogP contribution in [0.25, 0.3) is 0 Å². The van der Waals surface area contributed by atoms with Crippen LogP contribution in [0.3, 0.4) is 0 Å². The SMILES string of the molecule is CSCCC(NC(=O)C1CCCN1C(=O)C(CC(C)C)NC(=O)C(N)Cc1ccc(O)cc1)C(=O)O. The van der Waals surface area contributed by atoms with Crippen LogP contribution in [0.2, 0.25) is 0 Å². The molecular formula is C25H38N4O6S. The second kappa shape index (κ2) is 14.1. The van der Waals surface area contributed by atoms with Crippen molar-refractivity contribution in [3.05, 3.63) is 29.8 Å². The molecule has 1 heterocycles. The number of nitrogens with two attached hydrogens (primary N) is 1. The van der Waals surface area contributed by atoms with Crippen molar-refractivity contribution >= 4 is 35.5 Å². The zero-order valence-corrected chi connectivity index (χ0v) is 21.9. The van der Waals surface area contributed by atoms with Crippen molar-refractivity contribution in [2.45, 2.75) is 70.1 Å². The fourth-order valence-corrected chi connectivity index (χ4v) is 4.69. The zero-order chi connectivity index (χ0) is 26.8. The minimum atomic E-state index is -1.11. The number of nitrogens with zero attached hydrogens (tertiary/aromatic N) is 1. The Balaban J connectivity index is 2.08. The summed E-state index contributed by atoms with van der Waals surface area (Å²) in [6, 6.07) is 2.81. The molecule has 0 spiro atoms. The minimum absolute atomic E-state index is 0.0883. The lowest BCUT2D eigenvalue weighted by molar-refractivity contribution is -0.145. The molecular weight excluding hydrogens is 484 g/mol. The predicted molar refractivity (Wildman–Crippen MR) is 138 cm³/mol. The summed E-state index contributed by atoms with van der Waals surface area (Å²) in [7, 11) is 0. The van der Waals surface area contributed by atoms with Crippen molar-refractivity contribution in [2.75, 3.05) is 18.6 Å². The highest BCUT2D eigenvalue weighted by molar-refractivity contribution is 7.98. The van der Waals surface area contributed by atoms with E-state index in [1.54, 1.807) is 12.1 Å². The van der Waals surface area contributed by atoms with Crippen molar-refractivity contribution in [1.82, 2.24) is 15.5 Å². The first-order valence-corrected chi connectivity index (χ1v) is 13.6. The van der Waals surface area contributed by atoms with Crippen molar-refractivity contribution in [1.29, 1.82) is 0 Å². The molecule has 200 valence electrons. The van der Waals surface area contributed by atoms with E-state index < -0.39 is 42.0 Å². The lowest BCUT2D eigenvalue weighted by Crippen LogP contribution is -2.57. The van der Waals surface area contributed by atoms with Gasteiger partial charge in [0.2, 0.25) is 17.7 Å². The molecule has 1 aromatic rings. The highest BCUT2D eigenvalue weighted by Gasteiger charge is 2.39. The minimum Gasteiger partial charge on any atom is -0.508 e. The van der Waals surface area contributed by atoms with Gasteiger partial charge in [0.25, 0.3) is 0 Å². The van der Waals surface area contributed by atoms with Gasteiger partial charge in [-0.25, -0.2) is 4.79 Å². The van der Waals surface area contributed by atoms with Crippen LogP contribution in [0.15, 0.2) is 24.3 Å². The second-order valence-corrected chi connectivity index (χ2v) is 10.5. The number of likely N-dealkylation sites (tertiary alicyclic amines) is 1. The number of rotatable bonds is 13. The summed E-state index contributed by atoms with van der Waals surface area (Å²) >= 11 is 1.49. The number of amides is 3. The first-order valence-electron chi connectivity index (χ1n) is 12.2. The Morgan fingerprint density at radius 2 is 1.81 bits per heavy atom. The average Bonchev–Trinajstić information content (AvgIpc) is 3.31. The number of thioether (sulfide) groups is 1. The number of hydrogen-bond donors (Lipinski definition) is 5. The highest BCUT2D eigenvalue weighted by Crippen LogP contribution is 2.21. The molecule has 6 N–H and O–H groups in total. The second-order valence-electron chi connectivity index (χ2n) is 9.54. The first-order chi connectivity index (χ1) is 17.0. The highest BCUT2D eigenvalue weighted by atomic mass is 32.2. The van der Waals surface area contributed by atoms with E-state index in [2.05, 4.69) is 10.6 Å².